The topological polar surface area (TPSA) is 49.7 Å². The van der Waals surface area contributed by atoms with Crippen LogP contribution in [0.2, 0.25) is 0 Å². The van der Waals surface area contributed by atoms with Crippen molar-refractivity contribution in [3.63, 3.8) is 0 Å². The Labute approximate surface area is 126 Å². The summed E-state index contributed by atoms with van der Waals surface area (Å²) in [5.74, 6) is -0.448. The van der Waals surface area contributed by atoms with Gasteiger partial charge in [0.2, 0.25) is 0 Å². The number of hydrogen-bond donors (Lipinski definition) is 1. The molecule has 0 aromatic heterocycles. The predicted octanol–water partition coefficient (Wildman–Crippen LogP) is 4.61. The molecule has 0 aliphatic heterocycles. The monoisotopic (exact) mass is 311 g/mol. The molecule has 3 nitrogen and oxygen atoms in total. The van der Waals surface area contributed by atoms with E-state index in [1.807, 2.05) is 13.8 Å². The van der Waals surface area contributed by atoms with Gasteiger partial charge >= 0.3 is 6.18 Å². The van der Waals surface area contributed by atoms with Crippen LogP contribution in [0.15, 0.2) is 40.6 Å². The van der Waals surface area contributed by atoms with Crippen LogP contribution >= 0.6 is 0 Å². The number of rotatable bonds is 2. The Morgan fingerprint density at radius 3 is 2.45 bits per heavy atom. The van der Waals surface area contributed by atoms with Gasteiger partial charge in [-0.3, -0.25) is 9.79 Å². The maximum atomic E-state index is 12.9. The van der Waals surface area contributed by atoms with Crippen LogP contribution in [0.3, 0.4) is 0 Å². The minimum atomic E-state index is -4.52. The van der Waals surface area contributed by atoms with Gasteiger partial charge in [0.05, 0.1) is 16.8 Å². The zero-order valence-electron chi connectivity index (χ0n) is 12.2. The fraction of sp³-hybridized carbons (Fsp3) is 0.375. The summed E-state index contributed by atoms with van der Waals surface area (Å²) in [4.78, 5) is 15.8. The second-order valence-corrected chi connectivity index (χ2v) is 6.07. The van der Waals surface area contributed by atoms with Crippen molar-refractivity contribution >= 4 is 17.7 Å². The highest BCUT2D eigenvalue weighted by Gasteiger charge is 2.34. The molecule has 0 bridgehead atoms. The number of nitrogens with zero attached hydrogens (tertiary/aromatic N) is 1. The van der Waals surface area contributed by atoms with Gasteiger partial charge in [0.1, 0.15) is 5.76 Å². The summed E-state index contributed by atoms with van der Waals surface area (Å²) in [6, 6.07) is 4.84. The highest BCUT2D eigenvalue weighted by Crippen LogP contribution is 2.37. The Hall–Kier alpha value is -2.11. The molecule has 0 unspecified atom stereocenters. The zero-order valence-corrected chi connectivity index (χ0v) is 12.2. The van der Waals surface area contributed by atoms with Crippen molar-refractivity contribution in [2.75, 3.05) is 0 Å². The normalized spacial score (nSPS) is 19.0. The molecule has 0 saturated heterocycles. The van der Waals surface area contributed by atoms with Gasteiger partial charge in [-0.15, -0.1) is 0 Å². The number of Topliss-reactive ketones (excluding diaryl/α,β-unsaturated/α-hetero) is 1. The molecule has 1 aliphatic carbocycles. The van der Waals surface area contributed by atoms with Crippen LogP contribution in [0.5, 0.6) is 0 Å². The molecular weight excluding hydrogens is 295 g/mol. The van der Waals surface area contributed by atoms with Crippen molar-refractivity contribution in [1.29, 1.82) is 0 Å². The summed E-state index contributed by atoms with van der Waals surface area (Å²) in [5, 5.41) is 9.93. The average Bonchev–Trinajstić information content (AvgIpc) is 2.35. The summed E-state index contributed by atoms with van der Waals surface area (Å²) in [6.07, 6.45) is -2.99. The number of ketones is 1. The molecule has 22 heavy (non-hydrogen) atoms. The second-order valence-electron chi connectivity index (χ2n) is 6.07. The maximum Gasteiger partial charge on any atom is 0.418 e. The summed E-state index contributed by atoms with van der Waals surface area (Å²) in [7, 11) is 0. The van der Waals surface area contributed by atoms with Crippen LogP contribution in [0.4, 0.5) is 18.9 Å². The van der Waals surface area contributed by atoms with Gasteiger partial charge in [-0.1, -0.05) is 26.0 Å². The Morgan fingerprint density at radius 2 is 1.86 bits per heavy atom. The number of halogens is 3. The highest BCUT2D eigenvalue weighted by molar-refractivity contribution is 6.14. The molecule has 1 aromatic rings. The molecule has 0 radical (unpaired) electrons. The third-order valence-electron chi connectivity index (χ3n) is 3.44. The van der Waals surface area contributed by atoms with Crippen molar-refractivity contribution in [3.8, 4) is 0 Å². The first kappa shape index (κ1) is 16.3. The van der Waals surface area contributed by atoms with Crippen molar-refractivity contribution in [3.05, 3.63) is 41.2 Å². The second kappa shape index (κ2) is 5.59. The molecule has 1 aliphatic rings. The van der Waals surface area contributed by atoms with Crippen molar-refractivity contribution in [1.82, 2.24) is 0 Å². The largest absolute Gasteiger partial charge is 0.511 e. The number of hydrogen-bond acceptors (Lipinski definition) is 3. The lowest BCUT2D eigenvalue weighted by atomic mass is 9.77. The highest BCUT2D eigenvalue weighted by atomic mass is 19.4. The average molecular weight is 311 g/mol. The zero-order chi connectivity index (χ0) is 16.5. The molecule has 0 fully saturated rings. The molecule has 0 amide bonds. The molecule has 2 rings (SSSR count). The number of benzene rings is 1. The van der Waals surface area contributed by atoms with Crippen LogP contribution in [-0.4, -0.2) is 17.1 Å². The van der Waals surface area contributed by atoms with Gasteiger partial charge in [-0.25, -0.2) is 0 Å². The molecule has 6 heteroatoms. The minimum absolute atomic E-state index is 0.0173. The van der Waals surface area contributed by atoms with Crippen LogP contribution in [0, 0.1) is 5.41 Å². The van der Waals surface area contributed by atoms with E-state index in [9.17, 15) is 23.1 Å². The fourth-order valence-corrected chi connectivity index (χ4v) is 2.41. The van der Waals surface area contributed by atoms with Crippen LogP contribution in [-0.2, 0) is 11.0 Å². The molecule has 118 valence electrons. The van der Waals surface area contributed by atoms with Gasteiger partial charge in [0.15, 0.2) is 5.78 Å². The first-order chi connectivity index (χ1) is 10.1. The Kier molecular flexibility index (Phi) is 4.13. The van der Waals surface area contributed by atoms with E-state index in [4.69, 9.17) is 0 Å². The molecular formula is C16H16F3NO2. The van der Waals surface area contributed by atoms with Gasteiger partial charge in [-0.2, -0.15) is 13.2 Å². The van der Waals surface area contributed by atoms with Gasteiger partial charge < -0.3 is 5.11 Å². The summed E-state index contributed by atoms with van der Waals surface area (Å²) in [6.45, 7) is 3.68. The van der Waals surface area contributed by atoms with Gasteiger partial charge in [-0.05, 0) is 17.5 Å². The Balaban J connectivity index is 2.36. The molecule has 0 spiro atoms. The number of allylic oxidation sites excluding steroid dienone is 2. The van der Waals surface area contributed by atoms with Gasteiger partial charge in [0, 0.05) is 19.1 Å². The summed E-state index contributed by atoms with van der Waals surface area (Å²) < 4.78 is 38.6. The first-order valence-corrected chi connectivity index (χ1v) is 6.76. The lowest BCUT2D eigenvalue weighted by Crippen LogP contribution is -2.26. The molecule has 0 heterocycles. The van der Waals surface area contributed by atoms with E-state index in [2.05, 4.69) is 4.99 Å². The third kappa shape index (κ3) is 3.55. The molecule has 1 N–H and O–H groups in total. The quantitative estimate of drug-likeness (QED) is 0.811. The van der Waals surface area contributed by atoms with Gasteiger partial charge in [0.25, 0.3) is 0 Å². The Morgan fingerprint density at radius 1 is 1.23 bits per heavy atom. The first-order valence-electron chi connectivity index (χ1n) is 6.76. The van der Waals surface area contributed by atoms with E-state index in [0.717, 1.165) is 12.3 Å². The van der Waals surface area contributed by atoms with E-state index in [1.54, 1.807) is 0 Å². The Bertz CT molecular complexity index is 658. The smallest absolute Gasteiger partial charge is 0.418 e. The summed E-state index contributed by atoms with van der Waals surface area (Å²) >= 11 is 0. The van der Waals surface area contributed by atoms with Crippen LogP contribution in [0.25, 0.3) is 0 Å². The number of aliphatic imine (C=N–C) groups is 1. The number of aliphatic hydroxyl groups is 1. The molecule has 0 saturated carbocycles. The van der Waals surface area contributed by atoms with E-state index in [0.29, 0.717) is 6.42 Å². The van der Waals surface area contributed by atoms with Crippen LogP contribution < -0.4 is 0 Å². The number of para-hydroxylation sites is 1. The van der Waals surface area contributed by atoms with Crippen molar-refractivity contribution < 1.29 is 23.1 Å². The van der Waals surface area contributed by atoms with E-state index in [1.165, 1.54) is 18.2 Å². The predicted molar refractivity (Wildman–Crippen MR) is 77.3 cm³/mol. The van der Waals surface area contributed by atoms with E-state index < -0.39 is 11.7 Å². The van der Waals surface area contributed by atoms with E-state index >= 15 is 0 Å². The SMILES string of the molecule is CC1(C)CC(=O)C(C=Nc2ccccc2C(F)(F)F)=C(O)C1. The molecule has 1 aromatic carbocycles. The number of aliphatic hydroxyl groups excluding tert-OH is 1. The van der Waals surface area contributed by atoms with E-state index in [-0.39, 0.29) is 34.6 Å². The minimum Gasteiger partial charge on any atom is -0.511 e. The van der Waals surface area contributed by atoms with Crippen molar-refractivity contribution in [2.24, 2.45) is 10.4 Å². The lowest BCUT2D eigenvalue weighted by Gasteiger charge is -2.28. The number of carbonyl (C=O) groups is 1. The number of carbonyl (C=O) groups excluding carboxylic acids is 1. The lowest BCUT2D eigenvalue weighted by molar-refractivity contribution is -0.137. The fourth-order valence-electron chi connectivity index (χ4n) is 2.41. The third-order valence-corrected chi connectivity index (χ3v) is 3.44. The van der Waals surface area contributed by atoms with Crippen LogP contribution in [0.1, 0.15) is 32.3 Å². The standard InChI is InChI=1S/C16H16F3NO2/c1-15(2)7-13(21)10(14(22)8-15)9-20-12-6-4-3-5-11(12)16(17,18)19/h3-6,9,21H,7-8H2,1-2H3. The molecule has 0 atom stereocenters. The maximum absolute atomic E-state index is 12.9. The summed E-state index contributed by atoms with van der Waals surface area (Å²) in [5.41, 5.74) is -1.54. The van der Waals surface area contributed by atoms with Crippen molar-refractivity contribution in [2.45, 2.75) is 32.9 Å². The number of alkyl halides is 3.